The summed E-state index contributed by atoms with van der Waals surface area (Å²) in [5, 5.41) is 10.7. The number of carbonyl (C=O) groups excluding carboxylic acids is 2. The van der Waals surface area contributed by atoms with E-state index in [4.69, 9.17) is 21.1 Å². The first kappa shape index (κ1) is 24.5. The van der Waals surface area contributed by atoms with E-state index in [1.165, 1.54) is 5.56 Å². The van der Waals surface area contributed by atoms with E-state index in [0.29, 0.717) is 36.0 Å². The van der Waals surface area contributed by atoms with Crippen LogP contribution in [-0.4, -0.2) is 31.6 Å². The lowest BCUT2D eigenvalue weighted by molar-refractivity contribution is -0.225. The molecule has 7 nitrogen and oxygen atoms in total. The van der Waals surface area contributed by atoms with Crippen LogP contribution in [0.1, 0.15) is 48.9 Å². The molecule has 2 aliphatic rings. The maximum absolute atomic E-state index is 12.3. The molecule has 3 N–H and O–H groups in total. The molecule has 0 saturated carbocycles. The van der Waals surface area contributed by atoms with Gasteiger partial charge in [-0.3, -0.25) is 9.59 Å². The van der Waals surface area contributed by atoms with Crippen molar-refractivity contribution in [2.45, 2.75) is 52.0 Å². The highest BCUT2D eigenvalue weighted by Crippen LogP contribution is 2.40. The molecule has 2 aromatic carbocycles. The molecular formula is C26H32ClN3O4. The molecule has 182 valence electrons. The topological polar surface area (TPSA) is 88.7 Å². The summed E-state index contributed by atoms with van der Waals surface area (Å²) in [7, 11) is 0. The summed E-state index contributed by atoms with van der Waals surface area (Å²) in [6, 6.07) is 12.0. The van der Waals surface area contributed by atoms with Crippen molar-refractivity contribution in [1.82, 2.24) is 10.6 Å². The molecule has 0 bridgehead atoms. The van der Waals surface area contributed by atoms with Crippen molar-refractivity contribution in [1.29, 1.82) is 0 Å². The van der Waals surface area contributed by atoms with Gasteiger partial charge in [0.15, 0.2) is 0 Å². The number of benzene rings is 2. The standard InChI is InChI=1S/C26H32ClN3O4/c1-17(2)13-29-14-18-3-5-19(6-4-18)15-30-25-20-11-12-28-16-26(21(20)7-8-22(25)27)33-23(31)9-10-24(32)34-26/h3-8,17,28-30H,9-16H2,1-2H3. The van der Waals surface area contributed by atoms with Gasteiger partial charge in [0.05, 0.1) is 30.1 Å². The Labute approximate surface area is 205 Å². The maximum atomic E-state index is 12.3. The van der Waals surface area contributed by atoms with Crippen LogP contribution in [0.3, 0.4) is 0 Å². The van der Waals surface area contributed by atoms with Gasteiger partial charge in [0.1, 0.15) is 0 Å². The summed E-state index contributed by atoms with van der Waals surface area (Å²) >= 11 is 6.60. The summed E-state index contributed by atoms with van der Waals surface area (Å²) in [6.07, 6.45) is 0.671. The molecule has 0 aliphatic carbocycles. The fraction of sp³-hybridized carbons (Fsp3) is 0.462. The zero-order chi connectivity index (χ0) is 24.1. The molecule has 1 spiro atoms. The lowest BCUT2D eigenvalue weighted by Crippen LogP contribution is -2.43. The van der Waals surface area contributed by atoms with E-state index in [-0.39, 0.29) is 19.4 Å². The largest absolute Gasteiger partial charge is 0.416 e. The normalized spacial score (nSPS) is 17.5. The predicted octanol–water partition coefficient (Wildman–Crippen LogP) is 3.88. The highest BCUT2D eigenvalue weighted by atomic mass is 35.5. The van der Waals surface area contributed by atoms with Gasteiger partial charge in [-0.1, -0.05) is 49.7 Å². The Morgan fingerprint density at radius 1 is 0.971 bits per heavy atom. The third-order valence-electron chi connectivity index (χ3n) is 6.05. The van der Waals surface area contributed by atoms with Crippen molar-refractivity contribution in [3.63, 3.8) is 0 Å². The average Bonchev–Trinajstić information content (AvgIpc) is 3.06. The maximum Gasteiger partial charge on any atom is 0.309 e. The van der Waals surface area contributed by atoms with Gasteiger partial charge in [0, 0.05) is 18.7 Å². The number of ether oxygens (including phenoxy) is 2. The van der Waals surface area contributed by atoms with Crippen molar-refractivity contribution in [2.24, 2.45) is 5.92 Å². The number of hydrogen-bond donors (Lipinski definition) is 3. The molecule has 0 aromatic heterocycles. The zero-order valence-electron chi connectivity index (χ0n) is 19.7. The number of halogens is 1. The average molecular weight is 486 g/mol. The highest BCUT2D eigenvalue weighted by Gasteiger charge is 2.45. The number of nitrogens with one attached hydrogen (secondary N) is 3. The Hall–Kier alpha value is -2.61. The molecule has 1 saturated heterocycles. The van der Waals surface area contributed by atoms with Gasteiger partial charge in [-0.05, 0) is 54.3 Å². The minimum atomic E-state index is -1.48. The van der Waals surface area contributed by atoms with E-state index in [0.717, 1.165) is 29.9 Å². The van der Waals surface area contributed by atoms with E-state index >= 15 is 0 Å². The SMILES string of the molecule is CC(C)CNCc1ccc(CNc2c(Cl)ccc3c2CCNCC32OC(=O)CCC(=O)O2)cc1. The fourth-order valence-electron chi connectivity index (χ4n) is 4.34. The molecule has 2 heterocycles. The summed E-state index contributed by atoms with van der Waals surface area (Å²) in [6.45, 7) is 7.63. The second-order valence-electron chi connectivity index (χ2n) is 9.27. The molecule has 2 aliphatic heterocycles. The Balaban J connectivity index is 1.55. The fourth-order valence-corrected chi connectivity index (χ4v) is 4.58. The molecule has 0 amide bonds. The number of fused-ring (bicyclic) bond motifs is 2. The van der Waals surface area contributed by atoms with E-state index < -0.39 is 17.7 Å². The minimum absolute atomic E-state index is 0.0115. The van der Waals surface area contributed by atoms with Gasteiger partial charge in [-0.25, -0.2) is 0 Å². The molecule has 8 heteroatoms. The first-order chi connectivity index (χ1) is 16.4. The summed E-state index contributed by atoms with van der Waals surface area (Å²) < 4.78 is 11.4. The molecule has 1 fully saturated rings. The number of carbonyl (C=O) groups is 2. The van der Waals surface area contributed by atoms with Crippen molar-refractivity contribution >= 4 is 29.2 Å². The smallest absolute Gasteiger partial charge is 0.309 e. The van der Waals surface area contributed by atoms with Gasteiger partial charge in [0.2, 0.25) is 0 Å². The van der Waals surface area contributed by atoms with E-state index in [9.17, 15) is 9.59 Å². The van der Waals surface area contributed by atoms with Gasteiger partial charge < -0.3 is 25.4 Å². The van der Waals surface area contributed by atoms with E-state index in [2.05, 4.69) is 54.1 Å². The van der Waals surface area contributed by atoms with Crippen LogP contribution in [0, 0.1) is 5.92 Å². The Kier molecular flexibility index (Phi) is 7.76. The Morgan fingerprint density at radius 3 is 2.26 bits per heavy atom. The van der Waals surface area contributed by atoms with Crippen LogP contribution in [0.15, 0.2) is 36.4 Å². The quantitative estimate of drug-likeness (QED) is 0.513. The third kappa shape index (κ3) is 5.71. The van der Waals surface area contributed by atoms with Crippen LogP contribution in [0.25, 0.3) is 0 Å². The number of rotatable bonds is 7. The van der Waals surface area contributed by atoms with Gasteiger partial charge in [-0.2, -0.15) is 0 Å². The van der Waals surface area contributed by atoms with E-state index in [1.54, 1.807) is 12.1 Å². The summed E-state index contributed by atoms with van der Waals surface area (Å²) in [4.78, 5) is 24.6. The van der Waals surface area contributed by atoms with Crippen molar-refractivity contribution < 1.29 is 19.1 Å². The third-order valence-corrected chi connectivity index (χ3v) is 6.36. The van der Waals surface area contributed by atoms with Crippen molar-refractivity contribution in [2.75, 3.05) is 25.0 Å². The molecule has 0 radical (unpaired) electrons. The van der Waals surface area contributed by atoms with Gasteiger partial charge >= 0.3 is 11.9 Å². The lowest BCUT2D eigenvalue weighted by atomic mass is 9.96. The van der Waals surface area contributed by atoms with Gasteiger partial charge in [0.25, 0.3) is 5.79 Å². The lowest BCUT2D eigenvalue weighted by Gasteiger charge is -2.32. The molecule has 34 heavy (non-hydrogen) atoms. The van der Waals surface area contributed by atoms with E-state index in [1.807, 2.05) is 0 Å². The Morgan fingerprint density at radius 2 is 1.62 bits per heavy atom. The van der Waals surface area contributed by atoms with Crippen LogP contribution in [0.2, 0.25) is 5.02 Å². The Bertz CT molecular complexity index is 1020. The molecule has 0 atom stereocenters. The number of anilines is 1. The number of esters is 2. The summed E-state index contributed by atoms with van der Waals surface area (Å²) in [5.74, 6) is -1.77. The van der Waals surface area contributed by atoms with Crippen LogP contribution >= 0.6 is 11.6 Å². The van der Waals surface area contributed by atoms with Gasteiger partial charge in [-0.15, -0.1) is 0 Å². The number of hydrogen-bond acceptors (Lipinski definition) is 7. The summed E-state index contributed by atoms with van der Waals surface area (Å²) in [5.41, 5.74) is 4.66. The molecule has 4 rings (SSSR count). The van der Waals surface area contributed by atoms with Crippen LogP contribution < -0.4 is 16.0 Å². The van der Waals surface area contributed by atoms with Crippen LogP contribution in [0.4, 0.5) is 5.69 Å². The second kappa shape index (κ2) is 10.8. The van der Waals surface area contributed by atoms with Crippen molar-refractivity contribution in [3.05, 3.63) is 63.7 Å². The van der Waals surface area contributed by atoms with Crippen LogP contribution in [0.5, 0.6) is 0 Å². The predicted molar refractivity (Wildman–Crippen MR) is 131 cm³/mol. The molecule has 0 unspecified atom stereocenters. The molecule has 2 aromatic rings. The highest BCUT2D eigenvalue weighted by molar-refractivity contribution is 6.33. The second-order valence-corrected chi connectivity index (χ2v) is 9.68. The first-order valence-corrected chi connectivity index (χ1v) is 12.2. The monoisotopic (exact) mass is 485 g/mol. The van der Waals surface area contributed by atoms with Crippen molar-refractivity contribution in [3.8, 4) is 0 Å². The zero-order valence-corrected chi connectivity index (χ0v) is 20.5. The van der Waals surface area contributed by atoms with Crippen LogP contribution in [-0.2, 0) is 44.4 Å². The first-order valence-electron chi connectivity index (χ1n) is 11.8. The molecular weight excluding hydrogens is 454 g/mol. The minimum Gasteiger partial charge on any atom is -0.416 e.